The number of hydrogen-bond donors (Lipinski definition) is 3. The molecule has 7 rings (SSSR count). The maximum atomic E-state index is 12.4. The molecule has 0 radical (unpaired) electrons. The van der Waals surface area contributed by atoms with E-state index in [0.717, 1.165) is 69.5 Å². The number of aliphatic imine (C=N–C) groups is 1. The number of amides is 1. The van der Waals surface area contributed by atoms with Crippen molar-refractivity contribution >= 4 is 34.0 Å². The molecular weight excluding hydrogens is 476 g/mol. The number of nitrogens with zero attached hydrogens (tertiary/aromatic N) is 5. The van der Waals surface area contributed by atoms with E-state index in [0.29, 0.717) is 18.2 Å². The number of carbonyl (C=O) groups excluding carboxylic acids is 1. The second-order valence-electron chi connectivity index (χ2n) is 9.59. The van der Waals surface area contributed by atoms with E-state index in [-0.39, 0.29) is 11.8 Å². The van der Waals surface area contributed by atoms with Gasteiger partial charge < -0.3 is 15.6 Å². The number of fused-ring (bicyclic) bond motifs is 2. The number of aromatic nitrogens is 5. The number of imidazole rings is 1. The Bertz CT molecular complexity index is 1700. The average Bonchev–Trinajstić information content (AvgIpc) is 3.36. The van der Waals surface area contributed by atoms with Gasteiger partial charge in [-0.25, -0.2) is 4.98 Å². The molecule has 1 aromatic carbocycles. The fourth-order valence-corrected chi connectivity index (χ4v) is 4.92. The molecular formula is C29H24N8O. The SMILES string of the molecule is O=C(Nc1cncc(-c2ccc3c(c2)C(c2nc4c(-c5cccnc5)cncc4[nH]2)=NCN3)c1)C1CCC1. The number of rotatable bonds is 5. The smallest absolute Gasteiger partial charge is 0.227 e. The summed E-state index contributed by atoms with van der Waals surface area (Å²) in [6.45, 7) is 0.455. The Morgan fingerprint density at radius 3 is 2.63 bits per heavy atom. The standard InChI is InChI=1S/C29H24N8O/c38-29(17-3-1-4-17)35-21-9-20(12-31-13-21)18-6-7-24-22(10-18)27(34-16-33-24)28-36-25-15-32-14-23(26(25)37-28)19-5-2-8-30-11-19/h2,5-15,17,33H,1,3-4,16H2,(H,35,38)(H,36,37). The second-order valence-corrected chi connectivity index (χ2v) is 9.59. The van der Waals surface area contributed by atoms with Gasteiger partial charge in [0, 0.05) is 58.6 Å². The topological polar surface area (TPSA) is 121 Å². The molecule has 1 amide bonds. The van der Waals surface area contributed by atoms with Gasteiger partial charge in [-0.05, 0) is 42.7 Å². The van der Waals surface area contributed by atoms with Gasteiger partial charge in [-0.15, -0.1) is 0 Å². The molecule has 1 aliphatic carbocycles. The van der Waals surface area contributed by atoms with Gasteiger partial charge in [-0.3, -0.25) is 24.7 Å². The van der Waals surface area contributed by atoms with Gasteiger partial charge in [0.1, 0.15) is 17.9 Å². The lowest BCUT2D eigenvalue weighted by molar-refractivity contribution is -0.122. The third kappa shape index (κ3) is 3.98. The maximum absolute atomic E-state index is 12.4. The zero-order chi connectivity index (χ0) is 25.5. The predicted octanol–water partition coefficient (Wildman–Crippen LogP) is 5.04. The number of aromatic amines is 1. The number of carbonyl (C=O) groups is 1. The molecule has 38 heavy (non-hydrogen) atoms. The van der Waals surface area contributed by atoms with Gasteiger partial charge in [0.25, 0.3) is 0 Å². The van der Waals surface area contributed by atoms with Crippen molar-refractivity contribution in [2.45, 2.75) is 19.3 Å². The Morgan fingerprint density at radius 2 is 1.79 bits per heavy atom. The minimum absolute atomic E-state index is 0.0734. The first-order chi connectivity index (χ1) is 18.7. The number of anilines is 2. The molecule has 9 nitrogen and oxygen atoms in total. The molecule has 4 aromatic heterocycles. The normalized spacial score (nSPS) is 14.8. The molecule has 1 aliphatic heterocycles. The molecule has 3 N–H and O–H groups in total. The van der Waals surface area contributed by atoms with Crippen LogP contribution >= 0.6 is 0 Å². The second kappa shape index (κ2) is 9.19. The van der Waals surface area contributed by atoms with Crippen molar-refractivity contribution in [1.82, 2.24) is 24.9 Å². The van der Waals surface area contributed by atoms with Crippen LogP contribution in [0.3, 0.4) is 0 Å². The third-order valence-corrected chi connectivity index (χ3v) is 7.19. The van der Waals surface area contributed by atoms with Crippen molar-refractivity contribution in [2.75, 3.05) is 17.3 Å². The van der Waals surface area contributed by atoms with Crippen LogP contribution in [0.5, 0.6) is 0 Å². The molecule has 0 spiro atoms. The third-order valence-electron chi connectivity index (χ3n) is 7.19. The lowest BCUT2D eigenvalue weighted by Crippen LogP contribution is -2.28. The van der Waals surface area contributed by atoms with Crippen LogP contribution in [0.15, 0.2) is 78.6 Å². The van der Waals surface area contributed by atoms with Crippen LogP contribution in [0.1, 0.15) is 30.7 Å². The number of benzene rings is 1. The van der Waals surface area contributed by atoms with Crippen LogP contribution in [-0.4, -0.2) is 43.2 Å². The lowest BCUT2D eigenvalue weighted by atomic mass is 9.85. The molecule has 0 atom stereocenters. The van der Waals surface area contributed by atoms with E-state index in [9.17, 15) is 4.79 Å². The van der Waals surface area contributed by atoms with Crippen molar-refractivity contribution in [1.29, 1.82) is 0 Å². The van der Waals surface area contributed by atoms with Gasteiger partial charge >= 0.3 is 0 Å². The molecule has 0 bridgehead atoms. The zero-order valence-electron chi connectivity index (χ0n) is 20.5. The van der Waals surface area contributed by atoms with Crippen LogP contribution < -0.4 is 10.6 Å². The molecule has 1 fully saturated rings. The maximum Gasteiger partial charge on any atom is 0.227 e. The van der Waals surface area contributed by atoms with Crippen molar-refractivity contribution < 1.29 is 4.79 Å². The zero-order valence-corrected chi connectivity index (χ0v) is 20.5. The van der Waals surface area contributed by atoms with E-state index in [2.05, 4.69) is 36.6 Å². The fourth-order valence-electron chi connectivity index (χ4n) is 4.92. The lowest BCUT2D eigenvalue weighted by Gasteiger charge is -2.24. The van der Waals surface area contributed by atoms with Gasteiger partial charge in [0.15, 0.2) is 5.82 Å². The highest BCUT2D eigenvalue weighted by Crippen LogP contribution is 2.32. The Morgan fingerprint density at radius 1 is 0.895 bits per heavy atom. The first-order valence-corrected chi connectivity index (χ1v) is 12.7. The number of nitrogens with one attached hydrogen (secondary N) is 3. The molecule has 5 heterocycles. The first kappa shape index (κ1) is 22.3. The van der Waals surface area contributed by atoms with Gasteiger partial charge in [0.2, 0.25) is 5.91 Å². The minimum Gasteiger partial charge on any atom is -0.366 e. The molecule has 2 aliphatic rings. The van der Waals surface area contributed by atoms with Crippen molar-refractivity contribution in [3.8, 4) is 22.3 Å². The Kier molecular flexibility index (Phi) is 5.39. The quantitative estimate of drug-likeness (QED) is 0.311. The van der Waals surface area contributed by atoms with E-state index in [1.807, 2.05) is 42.7 Å². The van der Waals surface area contributed by atoms with E-state index in [1.54, 1.807) is 24.8 Å². The van der Waals surface area contributed by atoms with Crippen LogP contribution in [-0.2, 0) is 4.79 Å². The summed E-state index contributed by atoms with van der Waals surface area (Å²) in [6, 6.07) is 12.0. The highest BCUT2D eigenvalue weighted by Gasteiger charge is 2.25. The molecule has 5 aromatic rings. The van der Waals surface area contributed by atoms with Crippen LogP contribution in [0.4, 0.5) is 11.4 Å². The summed E-state index contributed by atoms with van der Waals surface area (Å²) in [4.78, 5) is 38.6. The summed E-state index contributed by atoms with van der Waals surface area (Å²) >= 11 is 0. The average molecular weight is 501 g/mol. The van der Waals surface area contributed by atoms with Crippen LogP contribution in [0.25, 0.3) is 33.3 Å². The monoisotopic (exact) mass is 500 g/mol. The molecule has 1 saturated carbocycles. The highest BCUT2D eigenvalue weighted by atomic mass is 16.1. The summed E-state index contributed by atoms with van der Waals surface area (Å²) < 4.78 is 0. The number of pyridine rings is 3. The molecule has 9 heteroatoms. The van der Waals surface area contributed by atoms with Crippen LogP contribution in [0.2, 0.25) is 0 Å². The van der Waals surface area contributed by atoms with Gasteiger partial charge in [0.05, 0.1) is 23.6 Å². The predicted molar refractivity (Wildman–Crippen MR) is 147 cm³/mol. The van der Waals surface area contributed by atoms with E-state index >= 15 is 0 Å². The van der Waals surface area contributed by atoms with Crippen molar-refractivity contribution in [3.05, 3.63) is 85.0 Å². The van der Waals surface area contributed by atoms with Crippen LogP contribution in [0, 0.1) is 5.92 Å². The summed E-state index contributed by atoms with van der Waals surface area (Å²) in [7, 11) is 0. The van der Waals surface area contributed by atoms with Gasteiger partial charge in [-0.2, -0.15) is 0 Å². The van der Waals surface area contributed by atoms with E-state index in [1.165, 1.54) is 0 Å². The van der Waals surface area contributed by atoms with E-state index in [4.69, 9.17) is 9.98 Å². The Balaban J connectivity index is 1.24. The summed E-state index contributed by atoms with van der Waals surface area (Å²) in [5, 5.41) is 6.37. The molecule has 186 valence electrons. The largest absolute Gasteiger partial charge is 0.366 e. The Hall–Kier alpha value is -4.92. The summed E-state index contributed by atoms with van der Waals surface area (Å²) in [6.07, 6.45) is 13.7. The molecule has 0 saturated heterocycles. The van der Waals surface area contributed by atoms with Crippen molar-refractivity contribution in [2.24, 2.45) is 10.9 Å². The number of H-pyrrole nitrogens is 1. The van der Waals surface area contributed by atoms with Gasteiger partial charge in [-0.1, -0.05) is 18.6 Å². The van der Waals surface area contributed by atoms with Crippen molar-refractivity contribution in [3.63, 3.8) is 0 Å². The minimum atomic E-state index is 0.0734. The number of hydrogen-bond acceptors (Lipinski definition) is 7. The summed E-state index contributed by atoms with van der Waals surface area (Å²) in [5.41, 5.74) is 8.80. The Labute approximate surface area is 218 Å². The van der Waals surface area contributed by atoms with E-state index < -0.39 is 0 Å². The summed E-state index contributed by atoms with van der Waals surface area (Å²) in [5.74, 6) is 0.867. The highest BCUT2D eigenvalue weighted by molar-refractivity contribution is 6.16. The first-order valence-electron chi connectivity index (χ1n) is 12.7. The molecule has 0 unspecified atom stereocenters. The fraction of sp³-hybridized carbons (Fsp3) is 0.172.